The van der Waals surface area contributed by atoms with Crippen LogP contribution in [0.1, 0.15) is 51.4 Å². The van der Waals surface area contributed by atoms with E-state index < -0.39 is 0 Å². The third-order valence-corrected chi connectivity index (χ3v) is 4.54. The predicted octanol–water partition coefficient (Wildman–Crippen LogP) is 1.69. The molecule has 0 radical (unpaired) electrons. The molecule has 4 nitrogen and oxygen atoms in total. The summed E-state index contributed by atoms with van der Waals surface area (Å²) in [6.07, 6.45) is 9.72. The van der Waals surface area contributed by atoms with E-state index in [1.165, 1.54) is 32.1 Å². The van der Waals surface area contributed by atoms with E-state index in [-0.39, 0.29) is 6.04 Å². The van der Waals surface area contributed by atoms with Gasteiger partial charge in [0.05, 0.1) is 12.1 Å². The Morgan fingerprint density at radius 3 is 2.79 bits per heavy atom. The number of likely N-dealkylation sites (tertiary alicyclic amines) is 1. The van der Waals surface area contributed by atoms with Gasteiger partial charge >= 0.3 is 0 Å². The number of amides is 1. The van der Waals surface area contributed by atoms with Crippen LogP contribution in [0.3, 0.4) is 0 Å². The molecule has 108 valence electrons. The van der Waals surface area contributed by atoms with Crippen molar-refractivity contribution in [2.75, 3.05) is 19.7 Å². The lowest BCUT2D eigenvalue weighted by molar-refractivity contribution is -0.136. The molecule has 2 unspecified atom stereocenters. The molecule has 3 aliphatic rings. The van der Waals surface area contributed by atoms with Crippen molar-refractivity contribution in [3.05, 3.63) is 0 Å². The molecule has 2 heterocycles. The van der Waals surface area contributed by atoms with Crippen LogP contribution >= 0.6 is 0 Å². The fourth-order valence-corrected chi connectivity index (χ4v) is 3.19. The summed E-state index contributed by atoms with van der Waals surface area (Å²) < 4.78 is 5.75. The third-order valence-electron chi connectivity index (χ3n) is 4.54. The van der Waals surface area contributed by atoms with Gasteiger partial charge in [-0.2, -0.15) is 0 Å². The molecule has 2 aliphatic heterocycles. The summed E-state index contributed by atoms with van der Waals surface area (Å²) in [6.45, 7) is 2.73. The molecule has 3 fully saturated rings. The molecule has 0 aromatic carbocycles. The number of carbonyl (C=O) groups is 1. The lowest BCUT2D eigenvalue weighted by Crippen LogP contribution is -2.51. The minimum atomic E-state index is 0.0912. The second-order valence-corrected chi connectivity index (χ2v) is 6.24. The quantitative estimate of drug-likeness (QED) is 0.823. The van der Waals surface area contributed by atoms with Crippen LogP contribution in [0.15, 0.2) is 0 Å². The Kier molecular flexibility index (Phi) is 4.38. The molecule has 2 atom stereocenters. The zero-order valence-corrected chi connectivity index (χ0v) is 11.8. The van der Waals surface area contributed by atoms with Crippen molar-refractivity contribution in [3.8, 4) is 0 Å². The van der Waals surface area contributed by atoms with E-state index in [4.69, 9.17) is 4.74 Å². The van der Waals surface area contributed by atoms with Crippen molar-refractivity contribution in [2.24, 2.45) is 0 Å². The lowest BCUT2D eigenvalue weighted by Gasteiger charge is -2.34. The zero-order chi connectivity index (χ0) is 13.1. The Hall–Kier alpha value is -0.610. The van der Waals surface area contributed by atoms with Crippen molar-refractivity contribution in [2.45, 2.75) is 69.6 Å². The SMILES string of the molecule is O=C1C(NC2CC2)CCCN1CCC1CCCCO1. The van der Waals surface area contributed by atoms with E-state index in [1.807, 2.05) is 0 Å². The topological polar surface area (TPSA) is 41.6 Å². The normalized spacial score (nSPS) is 32.6. The first-order valence-corrected chi connectivity index (χ1v) is 7.99. The van der Waals surface area contributed by atoms with Crippen LogP contribution in [0, 0.1) is 0 Å². The molecule has 3 rings (SSSR count). The van der Waals surface area contributed by atoms with Crippen molar-refractivity contribution in [1.82, 2.24) is 10.2 Å². The van der Waals surface area contributed by atoms with Gasteiger partial charge < -0.3 is 15.0 Å². The number of ether oxygens (including phenoxy) is 1. The molecule has 1 saturated carbocycles. The first-order valence-electron chi connectivity index (χ1n) is 7.99. The van der Waals surface area contributed by atoms with Crippen LogP contribution < -0.4 is 5.32 Å². The van der Waals surface area contributed by atoms with Crippen LogP contribution in [0.2, 0.25) is 0 Å². The average Bonchev–Trinajstić information content (AvgIpc) is 3.25. The largest absolute Gasteiger partial charge is 0.378 e. The van der Waals surface area contributed by atoms with Gasteiger partial charge in [0.25, 0.3) is 0 Å². The number of rotatable bonds is 5. The van der Waals surface area contributed by atoms with Crippen molar-refractivity contribution >= 4 is 5.91 Å². The monoisotopic (exact) mass is 266 g/mol. The van der Waals surface area contributed by atoms with Gasteiger partial charge in [-0.25, -0.2) is 0 Å². The van der Waals surface area contributed by atoms with Crippen LogP contribution in [0.4, 0.5) is 0 Å². The number of hydrogen-bond donors (Lipinski definition) is 1. The number of carbonyl (C=O) groups excluding carboxylic acids is 1. The fraction of sp³-hybridized carbons (Fsp3) is 0.933. The fourth-order valence-electron chi connectivity index (χ4n) is 3.19. The smallest absolute Gasteiger partial charge is 0.239 e. The zero-order valence-electron chi connectivity index (χ0n) is 11.8. The molecule has 0 aromatic rings. The van der Waals surface area contributed by atoms with Gasteiger partial charge in [0.1, 0.15) is 0 Å². The first kappa shape index (κ1) is 13.4. The summed E-state index contributed by atoms with van der Waals surface area (Å²) in [5.41, 5.74) is 0. The maximum absolute atomic E-state index is 12.4. The molecule has 19 heavy (non-hydrogen) atoms. The Balaban J connectivity index is 1.44. The minimum Gasteiger partial charge on any atom is -0.378 e. The summed E-state index contributed by atoms with van der Waals surface area (Å²) in [4.78, 5) is 14.4. The molecule has 1 N–H and O–H groups in total. The Morgan fingerprint density at radius 1 is 1.16 bits per heavy atom. The van der Waals surface area contributed by atoms with E-state index in [1.54, 1.807) is 0 Å². The minimum absolute atomic E-state index is 0.0912. The molecule has 2 saturated heterocycles. The summed E-state index contributed by atoms with van der Waals surface area (Å²) in [6, 6.07) is 0.712. The Morgan fingerprint density at radius 2 is 2.05 bits per heavy atom. The molecule has 1 aliphatic carbocycles. The Labute approximate surface area is 115 Å². The predicted molar refractivity (Wildman–Crippen MR) is 74.0 cm³/mol. The summed E-state index contributed by atoms with van der Waals surface area (Å²) in [5, 5.41) is 3.49. The van der Waals surface area contributed by atoms with Crippen LogP contribution in [-0.2, 0) is 9.53 Å². The maximum Gasteiger partial charge on any atom is 0.239 e. The summed E-state index contributed by atoms with van der Waals surface area (Å²) >= 11 is 0. The second kappa shape index (κ2) is 6.23. The van der Waals surface area contributed by atoms with Crippen LogP contribution in [0.25, 0.3) is 0 Å². The van der Waals surface area contributed by atoms with E-state index in [2.05, 4.69) is 10.2 Å². The summed E-state index contributed by atoms with van der Waals surface area (Å²) in [7, 11) is 0. The highest BCUT2D eigenvalue weighted by Gasteiger charge is 2.33. The maximum atomic E-state index is 12.4. The third kappa shape index (κ3) is 3.69. The van der Waals surface area contributed by atoms with E-state index in [0.29, 0.717) is 18.1 Å². The van der Waals surface area contributed by atoms with E-state index in [0.717, 1.165) is 39.0 Å². The van der Waals surface area contributed by atoms with Crippen LogP contribution in [-0.4, -0.2) is 48.7 Å². The first-order chi connectivity index (χ1) is 9.33. The van der Waals surface area contributed by atoms with E-state index >= 15 is 0 Å². The number of hydrogen-bond acceptors (Lipinski definition) is 3. The number of nitrogens with one attached hydrogen (secondary N) is 1. The molecule has 0 bridgehead atoms. The second-order valence-electron chi connectivity index (χ2n) is 6.24. The molecule has 0 aromatic heterocycles. The standard InChI is InChI=1S/C15H26N2O2/c18-15-14(16-12-6-7-12)5-3-9-17(15)10-8-13-4-1-2-11-19-13/h12-14,16H,1-11H2. The molecule has 0 spiro atoms. The van der Waals surface area contributed by atoms with Crippen LogP contribution in [0.5, 0.6) is 0 Å². The molecular weight excluding hydrogens is 240 g/mol. The van der Waals surface area contributed by atoms with Gasteiger partial charge in [-0.3, -0.25) is 4.79 Å². The molecule has 4 heteroatoms. The highest BCUT2D eigenvalue weighted by molar-refractivity contribution is 5.82. The number of piperidine rings is 1. The van der Waals surface area contributed by atoms with Gasteiger partial charge in [-0.15, -0.1) is 0 Å². The van der Waals surface area contributed by atoms with E-state index in [9.17, 15) is 4.79 Å². The average molecular weight is 266 g/mol. The molecular formula is C15H26N2O2. The lowest BCUT2D eigenvalue weighted by atomic mass is 10.0. The van der Waals surface area contributed by atoms with Gasteiger partial charge in [-0.05, 0) is 51.4 Å². The highest BCUT2D eigenvalue weighted by Crippen LogP contribution is 2.23. The van der Waals surface area contributed by atoms with Crippen molar-refractivity contribution in [3.63, 3.8) is 0 Å². The van der Waals surface area contributed by atoms with Crippen molar-refractivity contribution < 1.29 is 9.53 Å². The Bertz CT molecular complexity index is 311. The highest BCUT2D eigenvalue weighted by atomic mass is 16.5. The van der Waals surface area contributed by atoms with Gasteiger partial charge in [-0.1, -0.05) is 0 Å². The van der Waals surface area contributed by atoms with Gasteiger partial charge in [0.15, 0.2) is 0 Å². The summed E-state index contributed by atoms with van der Waals surface area (Å²) in [5.74, 6) is 0.328. The van der Waals surface area contributed by atoms with Gasteiger partial charge in [0, 0.05) is 25.7 Å². The van der Waals surface area contributed by atoms with Gasteiger partial charge in [0.2, 0.25) is 5.91 Å². The molecule has 1 amide bonds. The number of nitrogens with zero attached hydrogens (tertiary/aromatic N) is 1. The van der Waals surface area contributed by atoms with Crippen molar-refractivity contribution in [1.29, 1.82) is 0 Å².